The molecular formula is C16H18ClN3O4. The molecule has 8 heteroatoms. The number of nitrogens with one attached hydrogen (secondary N) is 1. The van der Waals surface area contributed by atoms with Gasteiger partial charge in [-0.05, 0) is 30.7 Å². The van der Waals surface area contributed by atoms with Crippen LogP contribution in [-0.4, -0.2) is 35.7 Å². The number of rotatable bonds is 8. The van der Waals surface area contributed by atoms with E-state index in [2.05, 4.69) is 20.2 Å². The van der Waals surface area contributed by atoms with E-state index < -0.39 is 0 Å². The number of carbonyl (C=O) groups is 2. The summed E-state index contributed by atoms with van der Waals surface area (Å²) in [5, 5.41) is 7.20. The van der Waals surface area contributed by atoms with Crippen LogP contribution in [0, 0.1) is 0 Å². The second-order valence-corrected chi connectivity index (χ2v) is 5.48. The van der Waals surface area contributed by atoms with Crippen molar-refractivity contribution in [2.45, 2.75) is 25.7 Å². The summed E-state index contributed by atoms with van der Waals surface area (Å²) in [6, 6.07) is 7.13. The summed E-state index contributed by atoms with van der Waals surface area (Å²) in [7, 11) is 1.31. The molecule has 128 valence electrons. The van der Waals surface area contributed by atoms with Crippen LogP contribution in [0.2, 0.25) is 5.02 Å². The summed E-state index contributed by atoms with van der Waals surface area (Å²) in [5.41, 5.74) is 0.815. The fraction of sp³-hybridized carbons (Fsp3) is 0.375. The molecule has 0 aliphatic rings. The Balaban J connectivity index is 1.72. The van der Waals surface area contributed by atoms with Gasteiger partial charge in [0, 0.05) is 30.0 Å². The van der Waals surface area contributed by atoms with Gasteiger partial charge in [-0.1, -0.05) is 16.8 Å². The van der Waals surface area contributed by atoms with E-state index in [1.807, 2.05) is 12.1 Å². The standard InChI is InChI=1S/C16H18ClN3O4/c1-23-15(22)9-10-18-13(21)3-2-4-14-19-16(20-24-14)11-5-7-12(17)8-6-11/h5-8H,2-4,9-10H2,1H3,(H,18,21). The molecule has 0 aliphatic carbocycles. The number of carbonyl (C=O) groups excluding carboxylic acids is 2. The number of amides is 1. The van der Waals surface area contributed by atoms with Crippen molar-refractivity contribution in [2.24, 2.45) is 0 Å². The summed E-state index contributed by atoms with van der Waals surface area (Å²) in [6.45, 7) is 0.271. The van der Waals surface area contributed by atoms with Crippen molar-refractivity contribution in [2.75, 3.05) is 13.7 Å². The average molecular weight is 352 g/mol. The molecule has 0 aliphatic heterocycles. The molecule has 0 saturated heterocycles. The Morgan fingerprint density at radius 2 is 2.00 bits per heavy atom. The molecule has 2 rings (SSSR count). The zero-order valence-electron chi connectivity index (χ0n) is 13.3. The number of esters is 1. The van der Waals surface area contributed by atoms with E-state index in [0.717, 1.165) is 5.56 Å². The summed E-state index contributed by atoms with van der Waals surface area (Å²) in [6.07, 6.45) is 1.56. The summed E-state index contributed by atoms with van der Waals surface area (Å²) in [4.78, 5) is 26.8. The molecule has 0 unspecified atom stereocenters. The topological polar surface area (TPSA) is 94.3 Å². The van der Waals surface area contributed by atoms with Crippen molar-refractivity contribution in [1.29, 1.82) is 0 Å². The lowest BCUT2D eigenvalue weighted by molar-refractivity contribution is -0.140. The zero-order valence-corrected chi connectivity index (χ0v) is 14.0. The van der Waals surface area contributed by atoms with Gasteiger partial charge in [-0.2, -0.15) is 4.98 Å². The molecule has 0 saturated carbocycles. The van der Waals surface area contributed by atoms with Crippen LogP contribution in [0.3, 0.4) is 0 Å². The van der Waals surface area contributed by atoms with Crippen molar-refractivity contribution in [1.82, 2.24) is 15.5 Å². The maximum Gasteiger partial charge on any atom is 0.307 e. The number of aryl methyl sites for hydroxylation is 1. The quantitative estimate of drug-likeness (QED) is 0.734. The molecular weight excluding hydrogens is 334 g/mol. The monoisotopic (exact) mass is 351 g/mol. The van der Waals surface area contributed by atoms with Crippen LogP contribution in [0.25, 0.3) is 11.4 Å². The largest absolute Gasteiger partial charge is 0.469 e. The van der Waals surface area contributed by atoms with Crippen LogP contribution >= 0.6 is 11.6 Å². The van der Waals surface area contributed by atoms with Crippen molar-refractivity contribution in [3.05, 3.63) is 35.2 Å². The molecule has 1 heterocycles. The summed E-state index contributed by atoms with van der Waals surface area (Å²) >= 11 is 5.84. The third-order valence-electron chi connectivity index (χ3n) is 3.24. The Morgan fingerprint density at radius 1 is 1.25 bits per heavy atom. The lowest BCUT2D eigenvalue weighted by atomic mass is 10.2. The molecule has 0 bridgehead atoms. The highest BCUT2D eigenvalue weighted by molar-refractivity contribution is 6.30. The van der Waals surface area contributed by atoms with E-state index in [0.29, 0.717) is 36.0 Å². The Kier molecular flexibility index (Phi) is 6.74. The highest BCUT2D eigenvalue weighted by atomic mass is 35.5. The van der Waals surface area contributed by atoms with Crippen LogP contribution in [0.5, 0.6) is 0 Å². The molecule has 1 N–H and O–H groups in total. The minimum atomic E-state index is -0.351. The van der Waals surface area contributed by atoms with Gasteiger partial charge in [0.1, 0.15) is 0 Å². The second kappa shape index (κ2) is 9.02. The van der Waals surface area contributed by atoms with Gasteiger partial charge in [-0.3, -0.25) is 9.59 Å². The van der Waals surface area contributed by atoms with Gasteiger partial charge >= 0.3 is 5.97 Å². The average Bonchev–Trinajstić information content (AvgIpc) is 3.04. The molecule has 24 heavy (non-hydrogen) atoms. The first-order valence-corrected chi connectivity index (χ1v) is 7.88. The molecule has 1 aromatic carbocycles. The van der Waals surface area contributed by atoms with Crippen LogP contribution in [0.1, 0.15) is 25.2 Å². The number of methoxy groups -OCH3 is 1. The van der Waals surface area contributed by atoms with Gasteiger partial charge in [0.15, 0.2) is 0 Å². The number of hydrogen-bond donors (Lipinski definition) is 1. The predicted octanol–water partition coefficient (Wildman–Crippen LogP) is 2.39. The molecule has 0 atom stereocenters. The fourth-order valence-corrected chi connectivity index (χ4v) is 2.09. The Labute approximate surface area is 144 Å². The van der Waals surface area contributed by atoms with E-state index in [9.17, 15) is 9.59 Å². The first-order valence-electron chi connectivity index (χ1n) is 7.50. The highest BCUT2D eigenvalue weighted by Gasteiger charge is 2.10. The third kappa shape index (κ3) is 5.66. The zero-order chi connectivity index (χ0) is 17.4. The van der Waals surface area contributed by atoms with Crippen molar-refractivity contribution >= 4 is 23.5 Å². The van der Waals surface area contributed by atoms with Gasteiger partial charge in [0.2, 0.25) is 17.6 Å². The van der Waals surface area contributed by atoms with Gasteiger partial charge < -0.3 is 14.6 Å². The smallest absolute Gasteiger partial charge is 0.307 e. The molecule has 0 spiro atoms. The normalized spacial score (nSPS) is 10.4. The first-order chi connectivity index (χ1) is 11.6. The van der Waals surface area contributed by atoms with Crippen LogP contribution < -0.4 is 5.32 Å². The Morgan fingerprint density at radius 3 is 2.71 bits per heavy atom. The number of halogens is 1. The third-order valence-corrected chi connectivity index (χ3v) is 3.50. The summed E-state index contributed by atoms with van der Waals surface area (Å²) < 4.78 is 9.66. The van der Waals surface area contributed by atoms with Crippen LogP contribution in [0.4, 0.5) is 0 Å². The highest BCUT2D eigenvalue weighted by Crippen LogP contribution is 2.19. The number of ether oxygens (including phenoxy) is 1. The van der Waals surface area contributed by atoms with Crippen molar-refractivity contribution in [3.8, 4) is 11.4 Å². The number of nitrogens with zero attached hydrogens (tertiary/aromatic N) is 2. The molecule has 1 aromatic heterocycles. The molecule has 0 fully saturated rings. The minimum absolute atomic E-state index is 0.128. The predicted molar refractivity (Wildman–Crippen MR) is 87.3 cm³/mol. The Hall–Kier alpha value is -2.41. The molecule has 0 radical (unpaired) electrons. The van der Waals surface area contributed by atoms with E-state index in [1.165, 1.54) is 7.11 Å². The van der Waals surface area contributed by atoms with Gasteiger partial charge in [-0.15, -0.1) is 0 Å². The van der Waals surface area contributed by atoms with Crippen molar-refractivity contribution < 1.29 is 18.8 Å². The van der Waals surface area contributed by atoms with Crippen LogP contribution in [-0.2, 0) is 20.7 Å². The molecule has 7 nitrogen and oxygen atoms in total. The van der Waals surface area contributed by atoms with E-state index in [1.54, 1.807) is 12.1 Å². The lowest BCUT2D eigenvalue weighted by Gasteiger charge is -2.03. The minimum Gasteiger partial charge on any atom is -0.469 e. The van der Waals surface area contributed by atoms with E-state index >= 15 is 0 Å². The summed E-state index contributed by atoms with van der Waals surface area (Å²) in [5.74, 6) is 0.485. The maximum absolute atomic E-state index is 11.6. The van der Waals surface area contributed by atoms with Gasteiger partial charge in [0.25, 0.3) is 0 Å². The number of benzene rings is 1. The first kappa shape index (κ1) is 17.9. The van der Waals surface area contributed by atoms with E-state index in [-0.39, 0.29) is 24.8 Å². The van der Waals surface area contributed by atoms with Gasteiger partial charge in [-0.25, -0.2) is 0 Å². The second-order valence-electron chi connectivity index (χ2n) is 5.05. The van der Waals surface area contributed by atoms with Crippen LogP contribution in [0.15, 0.2) is 28.8 Å². The van der Waals surface area contributed by atoms with Gasteiger partial charge in [0.05, 0.1) is 13.5 Å². The number of hydrogen-bond acceptors (Lipinski definition) is 6. The molecule has 2 aromatic rings. The van der Waals surface area contributed by atoms with Crippen molar-refractivity contribution in [3.63, 3.8) is 0 Å². The SMILES string of the molecule is COC(=O)CCNC(=O)CCCc1nc(-c2ccc(Cl)cc2)no1. The Bertz CT molecular complexity index is 685. The van der Waals surface area contributed by atoms with E-state index in [4.69, 9.17) is 16.1 Å². The maximum atomic E-state index is 11.6. The molecule has 1 amide bonds. The lowest BCUT2D eigenvalue weighted by Crippen LogP contribution is -2.26. The fourth-order valence-electron chi connectivity index (χ4n) is 1.97. The number of aromatic nitrogens is 2.